The van der Waals surface area contributed by atoms with Crippen molar-refractivity contribution in [2.45, 2.75) is 24.9 Å². The van der Waals surface area contributed by atoms with Crippen molar-refractivity contribution in [1.29, 1.82) is 0 Å². The molecule has 2 aromatic heterocycles. The second-order valence-corrected chi connectivity index (χ2v) is 9.08. The highest BCUT2D eigenvalue weighted by atomic mass is 16.5. The molecule has 2 N–H and O–H groups in total. The number of nitrogens with zero attached hydrogens (tertiary/aromatic N) is 6. The lowest BCUT2D eigenvalue weighted by Gasteiger charge is -2.35. The summed E-state index contributed by atoms with van der Waals surface area (Å²) in [4.78, 5) is 35.4. The van der Waals surface area contributed by atoms with Crippen LogP contribution in [0.4, 0.5) is 28.1 Å². The lowest BCUT2D eigenvalue weighted by Crippen LogP contribution is -2.47. The molecule has 36 heavy (non-hydrogen) atoms. The number of urea groups is 1. The number of carbonyl (C=O) groups excluding carboxylic acids is 1. The van der Waals surface area contributed by atoms with Crippen molar-refractivity contribution in [3.05, 3.63) is 48.8 Å². The first-order valence-electron chi connectivity index (χ1n) is 12.3. The van der Waals surface area contributed by atoms with Crippen LogP contribution in [0, 0.1) is 0 Å². The molecule has 3 fully saturated rings. The molecule has 0 unspecified atom stereocenters. The summed E-state index contributed by atoms with van der Waals surface area (Å²) in [6, 6.07) is 11.2. The Morgan fingerprint density at radius 3 is 2.14 bits per heavy atom. The topological polar surface area (TPSA) is 118 Å². The van der Waals surface area contributed by atoms with Crippen LogP contribution < -0.4 is 20.4 Å². The number of rotatable bonds is 5. The number of carbonyl (C=O) groups is 1. The van der Waals surface area contributed by atoms with Gasteiger partial charge in [-0.3, -0.25) is 4.98 Å². The van der Waals surface area contributed by atoms with E-state index in [0.717, 1.165) is 31.5 Å². The Morgan fingerprint density at radius 1 is 0.806 bits per heavy atom. The third kappa shape index (κ3) is 4.79. The summed E-state index contributed by atoms with van der Waals surface area (Å²) < 4.78 is 11.3. The molecule has 0 radical (unpaired) electrons. The van der Waals surface area contributed by atoms with E-state index in [1.165, 1.54) is 0 Å². The van der Waals surface area contributed by atoms with Gasteiger partial charge in [0.2, 0.25) is 11.9 Å². The number of pyridine rings is 1. The van der Waals surface area contributed by atoms with E-state index in [1.54, 1.807) is 24.5 Å². The minimum absolute atomic E-state index is 0.294. The molecule has 2 bridgehead atoms. The highest BCUT2D eigenvalue weighted by Gasteiger charge is 2.39. The number of benzene rings is 1. The maximum absolute atomic E-state index is 12.3. The van der Waals surface area contributed by atoms with Crippen molar-refractivity contribution in [2.24, 2.45) is 0 Å². The summed E-state index contributed by atoms with van der Waals surface area (Å²) in [5, 5.41) is 5.63. The van der Waals surface area contributed by atoms with Crippen molar-refractivity contribution < 1.29 is 14.3 Å². The number of ether oxygens (including phenoxy) is 2. The minimum Gasteiger partial charge on any atom is -0.378 e. The fourth-order valence-corrected chi connectivity index (χ4v) is 4.89. The summed E-state index contributed by atoms with van der Waals surface area (Å²) >= 11 is 0. The molecule has 1 aromatic carbocycles. The van der Waals surface area contributed by atoms with Crippen LogP contribution in [0.2, 0.25) is 0 Å². The summed E-state index contributed by atoms with van der Waals surface area (Å²) in [6.07, 6.45) is 5.42. The van der Waals surface area contributed by atoms with Crippen LogP contribution in [-0.4, -0.2) is 77.6 Å². The molecule has 0 spiro atoms. The molecular formula is C25H28N8O3. The SMILES string of the molecule is O=C(Nc1ccncc1)Nc1ccc(-c2nc(N3CCOCC3)nc(N3[C@H]4CC[C@H]3COC4)n2)cc1. The molecule has 186 valence electrons. The monoisotopic (exact) mass is 488 g/mol. The van der Waals surface area contributed by atoms with Crippen molar-refractivity contribution in [3.63, 3.8) is 0 Å². The predicted octanol–water partition coefficient (Wildman–Crippen LogP) is 2.78. The third-order valence-corrected chi connectivity index (χ3v) is 6.72. The number of aromatic nitrogens is 4. The van der Waals surface area contributed by atoms with Gasteiger partial charge >= 0.3 is 6.03 Å². The summed E-state index contributed by atoms with van der Waals surface area (Å²) in [5.41, 5.74) is 2.19. The van der Waals surface area contributed by atoms with Gasteiger partial charge in [0.05, 0.1) is 38.5 Å². The van der Waals surface area contributed by atoms with E-state index in [1.807, 2.05) is 24.3 Å². The molecule has 11 heteroatoms. The Balaban J connectivity index is 1.25. The average molecular weight is 489 g/mol. The Morgan fingerprint density at radius 2 is 1.44 bits per heavy atom. The second kappa shape index (κ2) is 10.0. The zero-order chi connectivity index (χ0) is 24.3. The zero-order valence-corrected chi connectivity index (χ0v) is 19.8. The van der Waals surface area contributed by atoms with Gasteiger partial charge in [-0.2, -0.15) is 15.0 Å². The molecule has 3 aliphatic heterocycles. The van der Waals surface area contributed by atoms with E-state index >= 15 is 0 Å². The predicted molar refractivity (Wildman–Crippen MR) is 135 cm³/mol. The van der Waals surface area contributed by atoms with Gasteiger partial charge in [0, 0.05) is 42.4 Å². The minimum atomic E-state index is -0.325. The number of amides is 2. The Bertz CT molecular complexity index is 1190. The van der Waals surface area contributed by atoms with Gasteiger partial charge in [-0.1, -0.05) is 0 Å². The Kier molecular flexibility index (Phi) is 6.31. The normalized spacial score (nSPS) is 21.3. The third-order valence-electron chi connectivity index (χ3n) is 6.72. The Labute approximate surface area is 208 Å². The number of fused-ring (bicyclic) bond motifs is 2. The summed E-state index contributed by atoms with van der Waals surface area (Å²) in [6.45, 7) is 4.20. The first kappa shape index (κ1) is 22.6. The van der Waals surface area contributed by atoms with E-state index in [2.05, 4.69) is 25.4 Å². The van der Waals surface area contributed by atoms with Gasteiger partial charge in [-0.15, -0.1) is 0 Å². The highest BCUT2D eigenvalue weighted by molar-refractivity contribution is 5.99. The fourth-order valence-electron chi connectivity index (χ4n) is 4.89. The van der Waals surface area contributed by atoms with E-state index in [9.17, 15) is 4.79 Å². The first-order valence-corrected chi connectivity index (χ1v) is 12.3. The average Bonchev–Trinajstić information content (AvgIpc) is 3.18. The number of nitrogens with one attached hydrogen (secondary N) is 2. The molecule has 0 saturated carbocycles. The molecule has 2 atom stereocenters. The van der Waals surface area contributed by atoms with Crippen molar-refractivity contribution in [3.8, 4) is 11.4 Å². The largest absolute Gasteiger partial charge is 0.378 e. The van der Waals surface area contributed by atoms with Crippen molar-refractivity contribution in [1.82, 2.24) is 19.9 Å². The number of morpholine rings is 2. The van der Waals surface area contributed by atoms with E-state index < -0.39 is 0 Å². The lowest BCUT2D eigenvalue weighted by molar-refractivity contribution is 0.0897. The van der Waals surface area contributed by atoms with Gasteiger partial charge in [0.25, 0.3) is 0 Å². The van der Waals surface area contributed by atoms with Crippen LogP contribution >= 0.6 is 0 Å². The molecule has 3 aromatic rings. The van der Waals surface area contributed by atoms with Crippen LogP contribution in [-0.2, 0) is 9.47 Å². The maximum atomic E-state index is 12.3. The van der Waals surface area contributed by atoms with Crippen LogP contribution in [0.5, 0.6) is 0 Å². The molecule has 6 rings (SSSR count). The number of hydrogen-bond donors (Lipinski definition) is 2. The molecule has 5 heterocycles. The van der Waals surface area contributed by atoms with E-state index in [0.29, 0.717) is 67.6 Å². The first-order chi connectivity index (χ1) is 17.7. The van der Waals surface area contributed by atoms with Crippen LogP contribution in [0.3, 0.4) is 0 Å². The van der Waals surface area contributed by atoms with Gasteiger partial charge in [-0.25, -0.2) is 4.79 Å². The Hall–Kier alpha value is -3.83. The summed E-state index contributed by atoms with van der Waals surface area (Å²) in [7, 11) is 0. The van der Waals surface area contributed by atoms with Crippen LogP contribution in [0.25, 0.3) is 11.4 Å². The van der Waals surface area contributed by atoms with E-state index in [4.69, 9.17) is 24.4 Å². The highest BCUT2D eigenvalue weighted by Crippen LogP contribution is 2.33. The molecule has 3 aliphatic rings. The molecular weight excluding hydrogens is 460 g/mol. The van der Waals surface area contributed by atoms with Gasteiger partial charge in [-0.05, 0) is 49.2 Å². The van der Waals surface area contributed by atoms with Gasteiger partial charge in [0.1, 0.15) is 0 Å². The van der Waals surface area contributed by atoms with Crippen molar-refractivity contribution >= 4 is 29.3 Å². The fraction of sp³-hybridized carbons (Fsp3) is 0.400. The van der Waals surface area contributed by atoms with Crippen LogP contribution in [0.15, 0.2) is 48.8 Å². The molecule has 3 saturated heterocycles. The number of hydrogen-bond acceptors (Lipinski definition) is 9. The quantitative estimate of drug-likeness (QED) is 0.559. The lowest BCUT2D eigenvalue weighted by atomic mass is 10.2. The standard InChI is InChI=1S/C25H28N8O3/c34-25(28-19-7-9-26-10-8-19)27-18-3-1-17(2-4-18)22-29-23(32-11-13-35-14-12-32)31-24(30-22)33-20-5-6-21(33)16-36-15-20/h1-4,7-10,20-21H,5-6,11-16H2,(H2,26,27,28,34)/t20-,21-/m0/s1. The van der Waals surface area contributed by atoms with Crippen LogP contribution in [0.1, 0.15) is 12.8 Å². The second-order valence-electron chi connectivity index (χ2n) is 9.08. The zero-order valence-electron chi connectivity index (χ0n) is 19.8. The van der Waals surface area contributed by atoms with Crippen molar-refractivity contribution in [2.75, 3.05) is 60.0 Å². The molecule has 0 aliphatic carbocycles. The smallest absolute Gasteiger partial charge is 0.323 e. The maximum Gasteiger partial charge on any atom is 0.323 e. The molecule has 2 amide bonds. The van der Waals surface area contributed by atoms with Gasteiger partial charge < -0.3 is 29.9 Å². The molecule has 11 nitrogen and oxygen atoms in total. The van der Waals surface area contributed by atoms with Gasteiger partial charge in [0.15, 0.2) is 5.82 Å². The van der Waals surface area contributed by atoms with E-state index in [-0.39, 0.29) is 6.03 Å². The number of anilines is 4. The summed E-state index contributed by atoms with van der Waals surface area (Å²) in [5.74, 6) is 1.99.